The van der Waals surface area contributed by atoms with Gasteiger partial charge in [0.05, 0.1) is 12.1 Å². The number of hydrogen-bond acceptors (Lipinski definition) is 6. The van der Waals surface area contributed by atoms with Gasteiger partial charge in [0.1, 0.15) is 6.04 Å². The molecule has 0 spiro atoms. The van der Waals surface area contributed by atoms with Crippen LogP contribution in [0.4, 0.5) is 4.79 Å². The van der Waals surface area contributed by atoms with Crippen molar-refractivity contribution in [3.8, 4) is 0 Å². The second kappa shape index (κ2) is 5.75. The van der Waals surface area contributed by atoms with Crippen molar-refractivity contribution in [2.75, 3.05) is 6.54 Å². The molecule has 0 saturated carbocycles. The van der Waals surface area contributed by atoms with Crippen molar-refractivity contribution >= 4 is 22.3 Å². The van der Waals surface area contributed by atoms with E-state index in [1.165, 1.54) is 4.90 Å². The van der Waals surface area contributed by atoms with E-state index in [0.29, 0.717) is 17.9 Å². The summed E-state index contributed by atoms with van der Waals surface area (Å²) in [5, 5.41) is 0.589. The Labute approximate surface area is 121 Å². The van der Waals surface area contributed by atoms with Crippen molar-refractivity contribution in [3.63, 3.8) is 0 Å². The van der Waals surface area contributed by atoms with Gasteiger partial charge in [0.2, 0.25) is 0 Å². The van der Waals surface area contributed by atoms with Crippen LogP contribution in [0.1, 0.15) is 26.7 Å². The van der Waals surface area contributed by atoms with Gasteiger partial charge in [-0.15, -0.1) is 4.28 Å². The summed E-state index contributed by atoms with van der Waals surface area (Å²) in [6.07, 6.45) is 0.506. The Morgan fingerprint density at radius 3 is 2.67 bits per heavy atom. The van der Waals surface area contributed by atoms with Gasteiger partial charge < -0.3 is 4.90 Å². The molecule has 0 aromatic heterocycles. The minimum atomic E-state index is -4.79. The van der Waals surface area contributed by atoms with Gasteiger partial charge in [-0.2, -0.15) is 13.5 Å². The maximum Gasteiger partial charge on any atom is 0.418 e. The third-order valence-corrected chi connectivity index (χ3v) is 3.54. The molecule has 2 atom stereocenters. The van der Waals surface area contributed by atoms with Gasteiger partial charge >= 0.3 is 16.4 Å². The fourth-order valence-corrected chi connectivity index (χ4v) is 2.74. The van der Waals surface area contributed by atoms with E-state index < -0.39 is 34.4 Å². The molecule has 1 unspecified atom stereocenters. The van der Waals surface area contributed by atoms with Gasteiger partial charge in [0, 0.05) is 6.54 Å². The molecular weight excluding hydrogens is 306 g/mol. The maximum atomic E-state index is 12.0. The molecule has 2 N–H and O–H groups in total. The van der Waals surface area contributed by atoms with Crippen molar-refractivity contribution < 1.29 is 31.7 Å². The predicted octanol–water partition coefficient (Wildman–Crippen LogP) is -0.554. The van der Waals surface area contributed by atoms with Crippen LogP contribution in [0, 0.1) is 0 Å². The molecule has 2 rings (SSSR count). The van der Waals surface area contributed by atoms with Gasteiger partial charge in [-0.3, -0.25) is 14.2 Å². The highest BCUT2D eigenvalue weighted by Gasteiger charge is 2.49. The molecule has 3 amide bonds. The van der Waals surface area contributed by atoms with Crippen molar-refractivity contribution in [2.45, 2.75) is 44.9 Å². The van der Waals surface area contributed by atoms with Gasteiger partial charge in [-0.05, 0) is 26.7 Å². The van der Waals surface area contributed by atoms with Crippen LogP contribution in [0.5, 0.6) is 0 Å². The number of nitrogens with one attached hydrogen (secondary N) is 1. The highest BCUT2D eigenvalue weighted by atomic mass is 32.3. The Kier molecular flexibility index (Phi) is 4.37. The van der Waals surface area contributed by atoms with Crippen LogP contribution >= 0.6 is 0 Å². The largest absolute Gasteiger partial charge is 0.418 e. The van der Waals surface area contributed by atoms with Crippen molar-refractivity contribution in [1.82, 2.24) is 15.4 Å². The normalized spacial score (nSPS) is 25.6. The lowest BCUT2D eigenvalue weighted by Gasteiger charge is -2.29. The predicted molar refractivity (Wildman–Crippen MR) is 67.7 cm³/mol. The highest BCUT2D eigenvalue weighted by Crippen LogP contribution is 2.30. The number of amides is 3. The summed E-state index contributed by atoms with van der Waals surface area (Å²) in [7, 11) is -4.79. The summed E-state index contributed by atoms with van der Waals surface area (Å²) in [6.45, 7) is 3.62. The first-order chi connectivity index (χ1) is 9.69. The van der Waals surface area contributed by atoms with Crippen LogP contribution in [0.2, 0.25) is 0 Å². The van der Waals surface area contributed by atoms with Gasteiger partial charge in [0.15, 0.2) is 0 Å². The molecule has 2 saturated heterocycles. The number of nitrogens with zero attached hydrogens (tertiary/aromatic N) is 2. The molecule has 0 aromatic rings. The standard InChI is InChI=1S/C10H17N3O7S/c1-6(2)19-11-9(14)8-4-3-7-5-12(8)10(15)13(7)20-21(16,17)18/h6-8H,3-5H2,1-2H3,(H,11,14)(H,16,17,18)/t7?,8-/m0/s1. The van der Waals surface area contributed by atoms with Crippen LogP contribution in [0.3, 0.4) is 0 Å². The number of hydroxylamine groups is 3. The summed E-state index contributed by atoms with van der Waals surface area (Å²) >= 11 is 0. The second-order valence-corrected chi connectivity index (χ2v) is 6.15. The SMILES string of the molecule is CC(C)ONC(=O)[C@@H]1CCC2CN1C(=O)N2OS(=O)(=O)O. The fraction of sp³-hybridized carbons (Fsp3) is 0.800. The van der Waals surface area contributed by atoms with Crippen LogP contribution in [-0.2, 0) is 24.3 Å². The quantitative estimate of drug-likeness (QED) is 0.513. The summed E-state index contributed by atoms with van der Waals surface area (Å²) < 4.78 is 34.4. The smallest absolute Gasteiger partial charge is 0.309 e. The van der Waals surface area contributed by atoms with Crippen molar-refractivity contribution in [3.05, 3.63) is 0 Å². The molecule has 2 fully saturated rings. The summed E-state index contributed by atoms with van der Waals surface area (Å²) in [5.41, 5.74) is 2.26. The molecule has 0 aliphatic carbocycles. The number of piperidine rings is 1. The Hall–Kier alpha value is -1.43. The zero-order valence-corrected chi connectivity index (χ0v) is 12.4. The first-order valence-corrected chi connectivity index (χ1v) is 7.78. The van der Waals surface area contributed by atoms with E-state index in [-0.39, 0.29) is 12.6 Å². The molecule has 21 heavy (non-hydrogen) atoms. The highest BCUT2D eigenvalue weighted by molar-refractivity contribution is 7.80. The lowest BCUT2D eigenvalue weighted by molar-refractivity contribution is -0.142. The van der Waals surface area contributed by atoms with Crippen LogP contribution < -0.4 is 5.48 Å². The lowest BCUT2D eigenvalue weighted by atomic mass is 10.0. The Balaban J connectivity index is 2.05. The summed E-state index contributed by atoms with van der Waals surface area (Å²) in [4.78, 5) is 30.2. The zero-order chi connectivity index (χ0) is 15.8. The third-order valence-electron chi connectivity index (χ3n) is 3.20. The van der Waals surface area contributed by atoms with E-state index in [1.54, 1.807) is 13.8 Å². The number of carbonyl (C=O) groups is 2. The minimum absolute atomic E-state index is 0.147. The number of urea groups is 1. The first kappa shape index (κ1) is 15.9. The Morgan fingerprint density at radius 2 is 2.10 bits per heavy atom. The average Bonchev–Trinajstić information content (AvgIpc) is 2.60. The number of fused-ring (bicyclic) bond motifs is 2. The van der Waals surface area contributed by atoms with Crippen LogP contribution in [0.15, 0.2) is 0 Å². The Bertz CT molecular complexity index is 535. The van der Waals surface area contributed by atoms with Crippen LogP contribution in [-0.4, -0.2) is 59.6 Å². The van der Waals surface area contributed by atoms with Gasteiger partial charge in [-0.25, -0.2) is 10.3 Å². The van der Waals surface area contributed by atoms with E-state index in [0.717, 1.165) is 0 Å². The summed E-state index contributed by atoms with van der Waals surface area (Å²) in [5.74, 6) is -0.482. The van der Waals surface area contributed by atoms with E-state index in [4.69, 9.17) is 9.39 Å². The maximum absolute atomic E-state index is 12.0. The number of carbonyl (C=O) groups excluding carboxylic acids is 2. The minimum Gasteiger partial charge on any atom is -0.309 e. The van der Waals surface area contributed by atoms with Crippen molar-refractivity contribution in [1.29, 1.82) is 0 Å². The average molecular weight is 323 g/mol. The van der Waals surface area contributed by atoms with E-state index >= 15 is 0 Å². The van der Waals surface area contributed by atoms with Gasteiger partial charge in [-0.1, -0.05) is 0 Å². The number of rotatable bonds is 5. The third kappa shape index (κ3) is 3.61. The molecule has 0 radical (unpaired) electrons. The molecule has 0 aromatic carbocycles. The fourth-order valence-electron chi connectivity index (χ4n) is 2.35. The van der Waals surface area contributed by atoms with E-state index in [9.17, 15) is 18.0 Å². The monoisotopic (exact) mass is 323 g/mol. The first-order valence-electron chi connectivity index (χ1n) is 6.41. The second-order valence-electron chi connectivity index (χ2n) is 5.14. The molecule has 2 heterocycles. The molecule has 11 heteroatoms. The molecule has 2 bridgehead atoms. The zero-order valence-electron chi connectivity index (χ0n) is 11.6. The number of hydrogen-bond donors (Lipinski definition) is 2. The molecule has 2 aliphatic rings. The molecule has 120 valence electrons. The molecule has 2 aliphatic heterocycles. The van der Waals surface area contributed by atoms with E-state index in [2.05, 4.69) is 9.76 Å². The lowest BCUT2D eigenvalue weighted by Crippen LogP contribution is -2.50. The Morgan fingerprint density at radius 1 is 1.43 bits per heavy atom. The van der Waals surface area contributed by atoms with E-state index in [1.807, 2.05) is 0 Å². The topological polar surface area (TPSA) is 125 Å². The molecular formula is C10H17N3O7S. The van der Waals surface area contributed by atoms with Gasteiger partial charge in [0.25, 0.3) is 5.91 Å². The van der Waals surface area contributed by atoms with Crippen molar-refractivity contribution in [2.24, 2.45) is 0 Å². The molecule has 10 nitrogen and oxygen atoms in total. The summed E-state index contributed by atoms with van der Waals surface area (Å²) in [6, 6.07) is -2.06. The van der Waals surface area contributed by atoms with Crippen LogP contribution in [0.25, 0.3) is 0 Å².